The van der Waals surface area contributed by atoms with Crippen molar-refractivity contribution in [3.8, 4) is 17.2 Å². The molecule has 1 fully saturated rings. The van der Waals surface area contributed by atoms with Crippen LogP contribution in [0.3, 0.4) is 0 Å². The third-order valence-corrected chi connectivity index (χ3v) is 5.35. The maximum Gasteiger partial charge on any atom is 0.323 e. The molecule has 1 aliphatic heterocycles. The number of oxazole rings is 1. The number of carboxylic acids is 1. The van der Waals surface area contributed by atoms with Crippen LogP contribution < -0.4 is 4.74 Å². The second kappa shape index (κ2) is 9.76. The minimum Gasteiger partial charge on any atom is -0.493 e. The van der Waals surface area contributed by atoms with Gasteiger partial charge in [0.2, 0.25) is 5.89 Å². The van der Waals surface area contributed by atoms with E-state index in [9.17, 15) is 9.90 Å². The van der Waals surface area contributed by atoms with Crippen molar-refractivity contribution in [3.63, 3.8) is 0 Å². The summed E-state index contributed by atoms with van der Waals surface area (Å²) in [6, 6.07) is 17.0. The Morgan fingerprint density at radius 1 is 1.19 bits per heavy atom. The van der Waals surface area contributed by atoms with E-state index in [0.717, 1.165) is 28.3 Å². The molecule has 4 rings (SSSR count). The predicted molar refractivity (Wildman–Crippen MR) is 115 cm³/mol. The van der Waals surface area contributed by atoms with E-state index in [1.807, 2.05) is 66.4 Å². The highest BCUT2D eigenvalue weighted by Crippen LogP contribution is 2.22. The number of morpholine rings is 1. The van der Waals surface area contributed by atoms with Crippen LogP contribution >= 0.6 is 0 Å². The van der Waals surface area contributed by atoms with E-state index in [4.69, 9.17) is 13.9 Å². The molecule has 0 radical (unpaired) electrons. The number of nitrogens with zero attached hydrogens (tertiary/aromatic N) is 2. The normalized spacial score (nSPS) is 16.9. The first-order valence-electron chi connectivity index (χ1n) is 10.4. The summed E-state index contributed by atoms with van der Waals surface area (Å²) in [7, 11) is 0. The fraction of sp³-hybridized carbons (Fsp3) is 0.333. The smallest absolute Gasteiger partial charge is 0.323 e. The van der Waals surface area contributed by atoms with Crippen molar-refractivity contribution in [2.24, 2.45) is 0 Å². The number of benzene rings is 2. The SMILES string of the molecule is Cc1oc(-c2ccccc2)nc1CCOc1ccc(CN2CCOC[C@H]2C(=O)O)cc1. The topological polar surface area (TPSA) is 85.0 Å². The zero-order chi connectivity index (χ0) is 21.6. The third-order valence-electron chi connectivity index (χ3n) is 5.35. The first kappa shape index (κ1) is 21.1. The average Bonchev–Trinajstić information content (AvgIpc) is 3.16. The van der Waals surface area contributed by atoms with Gasteiger partial charge in [0.1, 0.15) is 17.6 Å². The highest BCUT2D eigenvalue weighted by molar-refractivity contribution is 5.73. The summed E-state index contributed by atoms with van der Waals surface area (Å²) >= 11 is 0. The van der Waals surface area contributed by atoms with Crippen molar-refractivity contribution >= 4 is 5.97 Å². The minimum absolute atomic E-state index is 0.226. The largest absolute Gasteiger partial charge is 0.493 e. The molecule has 1 saturated heterocycles. The van der Waals surface area contributed by atoms with Gasteiger partial charge in [0.05, 0.1) is 25.5 Å². The van der Waals surface area contributed by atoms with Gasteiger partial charge in [0, 0.05) is 25.1 Å². The molecule has 7 heteroatoms. The summed E-state index contributed by atoms with van der Waals surface area (Å²) in [5, 5.41) is 9.35. The van der Waals surface area contributed by atoms with Crippen molar-refractivity contribution in [3.05, 3.63) is 71.6 Å². The molecule has 31 heavy (non-hydrogen) atoms. The van der Waals surface area contributed by atoms with Crippen molar-refractivity contribution in [2.45, 2.75) is 25.9 Å². The van der Waals surface area contributed by atoms with Crippen molar-refractivity contribution in [1.29, 1.82) is 0 Å². The molecule has 0 spiro atoms. The van der Waals surface area contributed by atoms with E-state index < -0.39 is 12.0 Å². The second-order valence-electron chi connectivity index (χ2n) is 7.53. The number of aliphatic carboxylic acids is 1. The number of carbonyl (C=O) groups is 1. The standard InChI is InChI=1S/C24H26N2O5/c1-17-21(25-23(31-17)19-5-3-2-4-6-19)11-13-30-20-9-7-18(8-10-20)15-26-12-14-29-16-22(26)24(27)28/h2-10,22H,11-16H2,1H3,(H,27,28)/t22-/m0/s1. The average molecular weight is 422 g/mol. The van der Waals surface area contributed by atoms with Gasteiger partial charge in [-0.25, -0.2) is 4.98 Å². The lowest BCUT2D eigenvalue weighted by atomic mass is 10.1. The van der Waals surface area contributed by atoms with Gasteiger partial charge >= 0.3 is 5.97 Å². The van der Waals surface area contributed by atoms with Gasteiger partial charge in [-0.15, -0.1) is 0 Å². The summed E-state index contributed by atoms with van der Waals surface area (Å²) in [5.41, 5.74) is 2.89. The molecule has 0 unspecified atom stereocenters. The number of aromatic nitrogens is 1. The van der Waals surface area contributed by atoms with Crippen LogP contribution in [0.5, 0.6) is 5.75 Å². The molecule has 2 heterocycles. The zero-order valence-corrected chi connectivity index (χ0v) is 17.5. The molecule has 0 saturated carbocycles. The van der Waals surface area contributed by atoms with Crippen molar-refractivity contribution in [1.82, 2.24) is 9.88 Å². The molecule has 0 bridgehead atoms. The first-order valence-corrected chi connectivity index (χ1v) is 10.4. The molecular formula is C24H26N2O5. The minimum atomic E-state index is -0.849. The highest BCUT2D eigenvalue weighted by atomic mass is 16.5. The van der Waals surface area contributed by atoms with Crippen LogP contribution in [0.4, 0.5) is 0 Å². The van der Waals surface area contributed by atoms with Crippen LogP contribution in [-0.4, -0.2) is 53.4 Å². The number of ether oxygens (including phenoxy) is 2. The van der Waals surface area contributed by atoms with E-state index in [2.05, 4.69) is 4.98 Å². The number of hydrogen-bond donors (Lipinski definition) is 1. The summed E-state index contributed by atoms with van der Waals surface area (Å²) in [5.74, 6) is 1.35. The summed E-state index contributed by atoms with van der Waals surface area (Å²) in [4.78, 5) is 17.9. The Morgan fingerprint density at radius 3 is 2.71 bits per heavy atom. The summed E-state index contributed by atoms with van der Waals surface area (Å²) in [6.45, 7) is 4.37. The lowest BCUT2D eigenvalue weighted by Gasteiger charge is -2.32. The van der Waals surface area contributed by atoms with Crippen LogP contribution in [0.1, 0.15) is 17.0 Å². The van der Waals surface area contributed by atoms with E-state index in [0.29, 0.717) is 38.6 Å². The Hall–Kier alpha value is -3.16. The van der Waals surface area contributed by atoms with Gasteiger partial charge in [-0.1, -0.05) is 30.3 Å². The molecule has 0 amide bonds. The van der Waals surface area contributed by atoms with Gasteiger partial charge in [0.25, 0.3) is 0 Å². The van der Waals surface area contributed by atoms with Crippen LogP contribution in [0.25, 0.3) is 11.5 Å². The van der Waals surface area contributed by atoms with E-state index in [1.165, 1.54) is 0 Å². The monoisotopic (exact) mass is 422 g/mol. The fourth-order valence-electron chi connectivity index (χ4n) is 3.61. The van der Waals surface area contributed by atoms with Crippen molar-refractivity contribution < 1.29 is 23.8 Å². The zero-order valence-electron chi connectivity index (χ0n) is 17.5. The van der Waals surface area contributed by atoms with E-state index >= 15 is 0 Å². The quantitative estimate of drug-likeness (QED) is 0.594. The highest BCUT2D eigenvalue weighted by Gasteiger charge is 2.28. The Balaban J connectivity index is 1.30. The molecule has 3 aromatic rings. The van der Waals surface area contributed by atoms with Crippen LogP contribution in [0, 0.1) is 6.92 Å². The van der Waals surface area contributed by atoms with Crippen LogP contribution in [0.2, 0.25) is 0 Å². The Kier molecular flexibility index (Phi) is 6.64. The van der Waals surface area contributed by atoms with Crippen molar-refractivity contribution in [2.75, 3.05) is 26.4 Å². The fourth-order valence-corrected chi connectivity index (χ4v) is 3.61. The lowest BCUT2D eigenvalue weighted by Crippen LogP contribution is -2.49. The molecule has 1 aliphatic rings. The van der Waals surface area contributed by atoms with Gasteiger partial charge in [-0.2, -0.15) is 0 Å². The molecule has 162 valence electrons. The van der Waals surface area contributed by atoms with Gasteiger partial charge in [-0.3, -0.25) is 9.69 Å². The van der Waals surface area contributed by atoms with Crippen LogP contribution in [0.15, 0.2) is 59.0 Å². The predicted octanol–water partition coefficient (Wildman–Crippen LogP) is 3.56. The molecule has 1 aromatic heterocycles. The first-order chi connectivity index (χ1) is 15.1. The third kappa shape index (κ3) is 5.31. The maximum absolute atomic E-state index is 11.4. The number of carboxylic acid groups (broad SMARTS) is 1. The molecule has 0 aliphatic carbocycles. The molecule has 1 N–H and O–H groups in total. The second-order valence-corrected chi connectivity index (χ2v) is 7.53. The van der Waals surface area contributed by atoms with Gasteiger partial charge < -0.3 is 19.0 Å². The molecule has 1 atom stereocenters. The number of rotatable bonds is 8. The van der Waals surface area contributed by atoms with Gasteiger partial charge in [0.15, 0.2) is 0 Å². The molecule has 7 nitrogen and oxygen atoms in total. The van der Waals surface area contributed by atoms with Crippen LogP contribution in [-0.2, 0) is 22.5 Å². The molecular weight excluding hydrogens is 396 g/mol. The number of hydrogen-bond acceptors (Lipinski definition) is 6. The molecule has 2 aromatic carbocycles. The maximum atomic E-state index is 11.4. The Labute approximate surface area is 181 Å². The Bertz CT molecular complexity index is 1000. The summed E-state index contributed by atoms with van der Waals surface area (Å²) in [6.07, 6.45) is 0.651. The Morgan fingerprint density at radius 2 is 1.97 bits per heavy atom. The lowest BCUT2D eigenvalue weighted by molar-refractivity contribution is -0.150. The van der Waals surface area contributed by atoms with E-state index in [-0.39, 0.29) is 6.61 Å². The number of aryl methyl sites for hydroxylation is 1. The van der Waals surface area contributed by atoms with Gasteiger partial charge in [-0.05, 0) is 36.8 Å². The van der Waals surface area contributed by atoms with E-state index in [1.54, 1.807) is 0 Å². The summed E-state index contributed by atoms with van der Waals surface area (Å²) < 4.78 is 17.0.